The molecule has 3 N–H and O–H groups in total. The fourth-order valence-corrected chi connectivity index (χ4v) is 1.70. The topological polar surface area (TPSA) is 69.6 Å². The van der Waals surface area contributed by atoms with Crippen molar-refractivity contribution in [1.82, 2.24) is 5.32 Å². The quantitative estimate of drug-likeness (QED) is 0.515. The van der Waals surface area contributed by atoms with E-state index in [9.17, 15) is 9.90 Å². The van der Waals surface area contributed by atoms with Gasteiger partial charge in [-0.1, -0.05) is 32.6 Å². The van der Waals surface area contributed by atoms with Gasteiger partial charge in [-0.05, 0) is 24.6 Å². The average Bonchev–Trinajstić information content (AvgIpc) is 2.36. The zero-order valence-electron chi connectivity index (χ0n) is 10.8. The van der Waals surface area contributed by atoms with E-state index in [2.05, 4.69) is 12.2 Å². The van der Waals surface area contributed by atoms with Gasteiger partial charge in [-0.2, -0.15) is 0 Å². The molecule has 0 aliphatic rings. The molecule has 18 heavy (non-hydrogen) atoms. The van der Waals surface area contributed by atoms with Crippen LogP contribution >= 0.6 is 0 Å². The van der Waals surface area contributed by atoms with Gasteiger partial charge in [-0.3, -0.25) is 4.79 Å². The fraction of sp³-hybridized carbons (Fsp3) is 0.500. The molecule has 4 nitrogen and oxygen atoms in total. The number of amides is 1. The van der Waals surface area contributed by atoms with Gasteiger partial charge in [0.05, 0.1) is 0 Å². The van der Waals surface area contributed by atoms with E-state index in [1.807, 2.05) is 0 Å². The molecule has 0 aliphatic carbocycles. The van der Waals surface area contributed by atoms with Crippen LogP contribution < -0.4 is 5.32 Å². The van der Waals surface area contributed by atoms with Crippen LogP contribution in [0, 0.1) is 0 Å². The summed E-state index contributed by atoms with van der Waals surface area (Å²) in [5.74, 6) is -0.711. The van der Waals surface area contributed by atoms with Gasteiger partial charge >= 0.3 is 0 Å². The molecule has 100 valence electrons. The lowest BCUT2D eigenvalue weighted by Gasteiger charge is -2.06. The molecule has 0 fully saturated rings. The number of phenols is 2. The minimum Gasteiger partial charge on any atom is -0.504 e. The Bertz CT molecular complexity index is 391. The SMILES string of the molecule is CCCCCCCNC(=O)c1ccc(O)c(O)c1. The Hall–Kier alpha value is -1.71. The summed E-state index contributed by atoms with van der Waals surface area (Å²) < 4.78 is 0. The summed E-state index contributed by atoms with van der Waals surface area (Å²) in [6.45, 7) is 2.81. The minimum atomic E-state index is -0.273. The van der Waals surface area contributed by atoms with Crippen molar-refractivity contribution >= 4 is 5.91 Å². The Morgan fingerprint density at radius 3 is 2.50 bits per heavy atom. The van der Waals surface area contributed by atoms with E-state index >= 15 is 0 Å². The zero-order chi connectivity index (χ0) is 13.4. The number of benzene rings is 1. The van der Waals surface area contributed by atoms with Crippen molar-refractivity contribution in [3.63, 3.8) is 0 Å². The van der Waals surface area contributed by atoms with Crippen molar-refractivity contribution in [3.8, 4) is 11.5 Å². The maximum Gasteiger partial charge on any atom is 0.251 e. The van der Waals surface area contributed by atoms with Crippen molar-refractivity contribution in [3.05, 3.63) is 23.8 Å². The Morgan fingerprint density at radius 2 is 1.83 bits per heavy atom. The normalized spacial score (nSPS) is 10.3. The van der Waals surface area contributed by atoms with E-state index in [0.717, 1.165) is 12.8 Å². The first-order valence-electron chi connectivity index (χ1n) is 6.45. The highest BCUT2D eigenvalue weighted by Gasteiger charge is 2.07. The van der Waals surface area contributed by atoms with Gasteiger partial charge in [0.25, 0.3) is 5.91 Å². The number of phenolic OH excluding ortho intramolecular Hbond substituents is 2. The molecular weight excluding hydrogens is 230 g/mol. The van der Waals surface area contributed by atoms with Crippen molar-refractivity contribution in [1.29, 1.82) is 0 Å². The summed E-state index contributed by atoms with van der Waals surface area (Å²) in [6.07, 6.45) is 5.73. The second-order valence-electron chi connectivity index (χ2n) is 4.37. The van der Waals surface area contributed by atoms with Gasteiger partial charge in [0.2, 0.25) is 0 Å². The number of unbranched alkanes of at least 4 members (excludes halogenated alkanes) is 4. The number of rotatable bonds is 7. The van der Waals surface area contributed by atoms with Crippen molar-refractivity contribution < 1.29 is 15.0 Å². The molecule has 0 aliphatic heterocycles. The van der Waals surface area contributed by atoms with Crippen LogP contribution in [-0.2, 0) is 0 Å². The Labute approximate surface area is 108 Å². The average molecular weight is 251 g/mol. The van der Waals surface area contributed by atoms with Crippen LogP contribution in [0.5, 0.6) is 11.5 Å². The third-order valence-corrected chi connectivity index (χ3v) is 2.80. The summed E-state index contributed by atoms with van der Waals surface area (Å²) in [5, 5.41) is 21.2. The van der Waals surface area contributed by atoms with Crippen LogP contribution in [0.25, 0.3) is 0 Å². The molecule has 0 bridgehead atoms. The molecule has 1 aromatic rings. The maximum absolute atomic E-state index is 11.7. The molecule has 1 amide bonds. The second kappa shape index (κ2) is 7.58. The van der Waals surface area contributed by atoms with Crippen LogP contribution in [-0.4, -0.2) is 22.7 Å². The molecule has 0 heterocycles. The summed E-state index contributed by atoms with van der Waals surface area (Å²) >= 11 is 0. The lowest BCUT2D eigenvalue weighted by molar-refractivity contribution is 0.0952. The number of aromatic hydroxyl groups is 2. The van der Waals surface area contributed by atoms with Crippen molar-refractivity contribution in [2.24, 2.45) is 0 Å². The highest BCUT2D eigenvalue weighted by molar-refractivity contribution is 5.94. The van der Waals surface area contributed by atoms with Crippen LogP contribution in [0.15, 0.2) is 18.2 Å². The van der Waals surface area contributed by atoms with Crippen molar-refractivity contribution in [2.45, 2.75) is 39.0 Å². The van der Waals surface area contributed by atoms with E-state index in [-0.39, 0.29) is 17.4 Å². The third kappa shape index (κ3) is 4.65. The van der Waals surface area contributed by atoms with Crippen LogP contribution in [0.1, 0.15) is 49.4 Å². The summed E-state index contributed by atoms with van der Waals surface area (Å²) in [4.78, 5) is 11.7. The minimum absolute atomic E-state index is 0.217. The standard InChI is InChI=1S/C14H21NO3/c1-2-3-4-5-6-9-15-14(18)11-7-8-12(16)13(17)10-11/h7-8,10,16-17H,2-6,9H2,1H3,(H,15,18). The Kier molecular flexibility index (Phi) is 6.05. The Morgan fingerprint density at radius 1 is 1.11 bits per heavy atom. The predicted octanol–water partition coefficient (Wildman–Crippen LogP) is 2.80. The lowest BCUT2D eigenvalue weighted by atomic mass is 10.1. The largest absolute Gasteiger partial charge is 0.504 e. The number of hydrogen-bond acceptors (Lipinski definition) is 3. The van der Waals surface area contributed by atoms with E-state index < -0.39 is 0 Å². The van der Waals surface area contributed by atoms with Gasteiger partial charge in [0, 0.05) is 12.1 Å². The van der Waals surface area contributed by atoms with Gasteiger partial charge in [-0.25, -0.2) is 0 Å². The smallest absolute Gasteiger partial charge is 0.251 e. The Balaban J connectivity index is 2.30. The lowest BCUT2D eigenvalue weighted by Crippen LogP contribution is -2.24. The zero-order valence-corrected chi connectivity index (χ0v) is 10.8. The van der Waals surface area contributed by atoms with Crippen molar-refractivity contribution in [2.75, 3.05) is 6.54 Å². The van der Waals surface area contributed by atoms with Crippen LogP contribution in [0.3, 0.4) is 0 Å². The number of hydrogen-bond donors (Lipinski definition) is 3. The number of carbonyl (C=O) groups excluding carboxylic acids is 1. The van der Waals surface area contributed by atoms with Gasteiger partial charge in [-0.15, -0.1) is 0 Å². The highest BCUT2D eigenvalue weighted by atomic mass is 16.3. The second-order valence-corrected chi connectivity index (χ2v) is 4.37. The molecular formula is C14H21NO3. The molecule has 0 saturated heterocycles. The summed E-state index contributed by atoms with van der Waals surface area (Å²) in [6, 6.07) is 4.06. The summed E-state index contributed by atoms with van der Waals surface area (Å²) in [7, 11) is 0. The van der Waals surface area contributed by atoms with Gasteiger partial charge in [0.1, 0.15) is 0 Å². The van der Waals surface area contributed by atoms with E-state index in [1.165, 1.54) is 37.5 Å². The molecule has 4 heteroatoms. The molecule has 1 aromatic carbocycles. The summed E-state index contributed by atoms with van der Waals surface area (Å²) in [5.41, 5.74) is 0.360. The third-order valence-electron chi connectivity index (χ3n) is 2.80. The number of carbonyl (C=O) groups is 1. The van der Waals surface area contributed by atoms with E-state index in [1.54, 1.807) is 0 Å². The first-order valence-corrected chi connectivity index (χ1v) is 6.45. The van der Waals surface area contributed by atoms with Gasteiger partial charge in [0.15, 0.2) is 11.5 Å². The maximum atomic E-state index is 11.7. The molecule has 0 aromatic heterocycles. The fourth-order valence-electron chi connectivity index (χ4n) is 1.70. The molecule has 0 unspecified atom stereocenters. The first-order chi connectivity index (χ1) is 8.65. The molecule has 0 radical (unpaired) electrons. The number of nitrogens with one attached hydrogen (secondary N) is 1. The monoisotopic (exact) mass is 251 g/mol. The highest BCUT2D eigenvalue weighted by Crippen LogP contribution is 2.24. The molecule has 1 rings (SSSR count). The van der Waals surface area contributed by atoms with E-state index in [0.29, 0.717) is 12.1 Å². The van der Waals surface area contributed by atoms with Crippen LogP contribution in [0.2, 0.25) is 0 Å². The van der Waals surface area contributed by atoms with Crippen LogP contribution in [0.4, 0.5) is 0 Å². The van der Waals surface area contributed by atoms with E-state index in [4.69, 9.17) is 5.11 Å². The molecule has 0 atom stereocenters. The predicted molar refractivity (Wildman–Crippen MR) is 70.9 cm³/mol. The molecule has 0 spiro atoms. The van der Waals surface area contributed by atoms with Gasteiger partial charge < -0.3 is 15.5 Å². The first kappa shape index (κ1) is 14.4. The molecule has 0 saturated carbocycles.